The molecule has 0 aliphatic rings. The van der Waals surface area contributed by atoms with Crippen molar-refractivity contribution in [3.63, 3.8) is 0 Å². The van der Waals surface area contributed by atoms with Gasteiger partial charge in [0.25, 0.3) is 11.7 Å². The number of aryl methyl sites for hydroxylation is 1. The third kappa shape index (κ3) is 4.01. The van der Waals surface area contributed by atoms with Gasteiger partial charge in [-0.2, -0.15) is 5.10 Å². The molecule has 2 aromatic heterocycles. The fourth-order valence-electron chi connectivity index (χ4n) is 1.92. The Hall–Kier alpha value is -1.67. The molecule has 0 radical (unpaired) electrons. The molecule has 1 amide bonds. The minimum Gasteiger partial charge on any atom is -0.468 e. The van der Waals surface area contributed by atoms with Crippen LogP contribution >= 0.6 is 11.3 Å². The van der Waals surface area contributed by atoms with Gasteiger partial charge in [0, 0.05) is 17.3 Å². The first-order chi connectivity index (χ1) is 11.6. The van der Waals surface area contributed by atoms with Gasteiger partial charge in [0.1, 0.15) is 0 Å². The molecular formula is C12H13N4NaO7S2. The van der Waals surface area contributed by atoms with Gasteiger partial charge < -0.3 is 14.2 Å². The molecular weight excluding hydrogens is 399 g/mol. The van der Waals surface area contributed by atoms with Crippen molar-refractivity contribution in [2.45, 2.75) is 11.8 Å². The molecule has 0 spiro atoms. The number of carbonyl (C=O) groups excluding carboxylic acids is 2. The Labute approximate surface area is 174 Å². The molecule has 0 N–H and O–H groups in total. The van der Waals surface area contributed by atoms with Crippen molar-refractivity contribution in [3.8, 4) is 6.01 Å². The zero-order valence-corrected chi connectivity index (χ0v) is 18.2. The molecule has 0 atom stereocenters. The molecule has 26 heavy (non-hydrogen) atoms. The fourth-order valence-corrected chi connectivity index (χ4v) is 4.34. The molecule has 0 aliphatic carbocycles. The monoisotopic (exact) mass is 412 g/mol. The number of hydrogen-bond donors (Lipinski definition) is 0. The zero-order valence-electron chi connectivity index (χ0n) is 14.5. The number of nitrogens with zero attached hydrogens (tertiary/aromatic N) is 4. The van der Waals surface area contributed by atoms with Crippen molar-refractivity contribution in [2.24, 2.45) is 7.05 Å². The van der Waals surface area contributed by atoms with Crippen LogP contribution in [0.4, 0.5) is 4.79 Å². The minimum absolute atomic E-state index is 0. The SMILES string of the molecule is COC(=O)c1csc(C)c1S(=O)(=O)[N-]C(=O)n1nc(OC)n(C)c1=O.[Na+]. The first kappa shape index (κ1) is 22.4. The van der Waals surface area contributed by atoms with E-state index >= 15 is 0 Å². The predicted molar refractivity (Wildman–Crippen MR) is 85.8 cm³/mol. The Morgan fingerprint density at radius 3 is 2.42 bits per heavy atom. The van der Waals surface area contributed by atoms with E-state index < -0.39 is 32.6 Å². The number of ether oxygens (including phenoxy) is 2. The summed E-state index contributed by atoms with van der Waals surface area (Å²) in [5, 5.41) is 4.82. The molecule has 0 saturated heterocycles. The number of aromatic nitrogens is 3. The van der Waals surface area contributed by atoms with Crippen LogP contribution in [-0.2, 0) is 21.8 Å². The van der Waals surface area contributed by atoms with Crippen molar-refractivity contribution in [1.82, 2.24) is 14.3 Å². The van der Waals surface area contributed by atoms with E-state index in [2.05, 4.69) is 14.6 Å². The maximum absolute atomic E-state index is 12.4. The summed E-state index contributed by atoms with van der Waals surface area (Å²) in [6, 6.07) is -1.64. The first-order valence-electron chi connectivity index (χ1n) is 6.52. The first-order valence-corrected chi connectivity index (χ1v) is 8.84. The number of amides is 1. The van der Waals surface area contributed by atoms with Crippen LogP contribution in [0.2, 0.25) is 0 Å². The summed E-state index contributed by atoms with van der Waals surface area (Å²) in [5.74, 6) is -0.887. The molecule has 0 bridgehead atoms. The van der Waals surface area contributed by atoms with Gasteiger partial charge in [-0.1, -0.05) is 0 Å². The summed E-state index contributed by atoms with van der Waals surface area (Å²) in [6.07, 6.45) is 0. The molecule has 0 aliphatic heterocycles. The number of thiophene rings is 1. The maximum atomic E-state index is 12.4. The van der Waals surface area contributed by atoms with Gasteiger partial charge in [-0.3, -0.25) is 18.8 Å². The molecule has 0 fully saturated rings. The fraction of sp³-hybridized carbons (Fsp3) is 0.333. The quantitative estimate of drug-likeness (QED) is 0.396. The van der Waals surface area contributed by atoms with E-state index in [1.165, 1.54) is 26.5 Å². The summed E-state index contributed by atoms with van der Waals surface area (Å²) in [5.41, 5.74) is -1.18. The number of hydrogen-bond acceptors (Lipinski definition) is 9. The van der Waals surface area contributed by atoms with Gasteiger partial charge in [-0.05, 0) is 6.92 Å². The molecule has 14 heteroatoms. The van der Waals surface area contributed by atoms with Crippen LogP contribution < -0.4 is 40.0 Å². The molecule has 0 saturated carbocycles. The average molecular weight is 412 g/mol. The van der Waals surface area contributed by atoms with Crippen molar-refractivity contribution in [2.75, 3.05) is 14.2 Å². The Morgan fingerprint density at radius 1 is 1.31 bits per heavy atom. The summed E-state index contributed by atoms with van der Waals surface area (Å²) >= 11 is 0.978. The zero-order chi connectivity index (χ0) is 18.9. The number of sulfonamides is 1. The number of rotatable bonds is 4. The second-order valence-corrected chi connectivity index (χ2v) is 7.24. The normalized spacial score (nSPS) is 10.8. The molecule has 11 nitrogen and oxygen atoms in total. The second kappa shape index (κ2) is 8.35. The van der Waals surface area contributed by atoms with E-state index in [0.29, 0.717) is 0 Å². The summed E-state index contributed by atoms with van der Waals surface area (Å²) in [7, 11) is -0.975. The summed E-state index contributed by atoms with van der Waals surface area (Å²) in [4.78, 5) is 35.5. The topological polar surface area (TPSA) is 141 Å². The van der Waals surface area contributed by atoms with E-state index in [-0.39, 0.29) is 50.7 Å². The Kier molecular flexibility index (Phi) is 7.18. The van der Waals surface area contributed by atoms with E-state index in [1.54, 1.807) is 0 Å². The van der Waals surface area contributed by atoms with Crippen LogP contribution in [0.1, 0.15) is 15.2 Å². The molecule has 2 heterocycles. The summed E-state index contributed by atoms with van der Waals surface area (Å²) in [6.45, 7) is 1.44. The number of methoxy groups -OCH3 is 2. The number of carbonyl (C=O) groups is 2. The Bertz CT molecular complexity index is 1010. The number of esters is 1. The van der Waals surface area contributed by atoms with Crippen LogP contribution in [0, 0.1) is 6.92 Å². The third-order valence-electron chi connectivity index (χ3n) is 3.08. The van der Waals surface area contributed by atoms with Gasteiger partial charge in [0.2, 0.25) is 10.0 Å². The smallest absolute Gasteiger partial charge is 0.468 e. The van der Waals surface area contributed by atoms with Gasteiger partial charge in [-0.25, -0.2) is 13.2 Å². The van der Waals surface area contributed by atoms with E-state index in [9.17, 15) is 22.8 Å². The van der Waals surface area contributed by atoms with Gasteiger partial charge >= 0.3 is 35.5 Å². The largest absolute Gasteiger partial charge is 1.00 e. The molecule has 2 aromatic rings. The standard InChI is InChI=1S/C12H14N4O7S2.Na/c1-6-8(7(5-24-6)9(17)22-3)25(20,21)14-10(18)16-12(19)15(2)11(13-16)23-4;/h5H,1-4H3,(H,14,18);/q;+1/p-1. The van der Waals surface area contributed by atoms with E-state index in [0.717, 1.165) is 23.0 Å². The predicted octanol–water partition coefficient (Wildman–Crippen LogP) is -2.52. The van der Waals surface area contributed by atoms with Crippen LogP contribution in [-0.4, -0.2) is 49.0 Å². The summed E-state index contributed by atoms with van der Waals surface area (Å²) < 4.78 is 38.4. The Balaban J connectivity index is 0.00000338. The van der Waals surface area contributed by atoms with E-state index in [4.69, 9.17) is 4.74 Å². The minimum atomic E-state index is -4.57. The molecule has 0 aromatic carbocycles. The van der Waals surface area contributed by atoms with E-state index in [1.807, 2.05) is 0 Å². The van der Waals surface area contributed by atoms with Crippen molar-refractivity contribution in [1.29, 1.82) is 0 Å². The van der Waals surface area contributed by atoms with Crippen LogP contribution in [0.15, 0.2) is 15.1 Å². The second-order valence-electron chi connectivity index (χ2n) is 4.62. The van der Waals surface area contributed by atoms with Crippen molar-refractivity contribution in [3.05, 3.63) is 31.0 Å². The van der Waals surface area contributed by atoms with Crippen LogP contribution in [0.5, 0.6) is 6.01 Å². The molecule has 2 rings (SSSR count). The molecule has 0 unspecified atom stereocenters. The third-order valence-corrected chi connectivity index (χ3v) is 5.56. The molecule has 136 valence electrons. The van der Waals surface area contributed by atoms with Gasteiger partial charge in [-0.15, -0.1) is 11.3 Å². The van der Waals surface area contributed by atoms with Crippen LogP contribution in [0.25, 0.3) is 4.72 Å². The van der Waals surface area contributed by atoms with Crippen LogP contribution in [0.3, 0.4) is 0 Å². The van der Waals surface area contributed by atoms with Gasteiger partial charge in [0.15, 0.2) is 6.03 Å². The maximum Gasteiger partial charge on any atom is 1.00 e. The van der Waals surface area contributed by atoms with Gasteiger partial charge in [0.05, 0.1) is 24.7 Å². The Morgan fingerprint density at radius 2 is 1.92 bits per heavy atom. The van der Waals surface area contributed by atoms with Crippen molar-refractivity contribution >= 4 is 33.4 Å². The van der Waals surface area contributed by atoms with Crippen molar-refractivity contribution < 1.29 is 57.0 Å². The average Bonchev–Trinajstić information content (AvgIpc) is 3.08.